The smallest absolute Gasteiger partial charge is 0.0465 e. The first kappa shape index (κ1) is 14.8. The van der Waals surface area contributed by atoms with E-state index in [1.165, 1.54) is 27.8 Å². The van der Waals surface area contributed by atoms with Gasteiger partial charge in [-0.15, -0.1) is 0 Å². The second-order valence-electron chi connectivity index (χ2n) is 5.82. The number of rotatable bonds is 5. The SMILES string of the molecule is Cc1cc(C)c(CC(CO)Cc2ccccc2)c(C)c1. The van der Waals surface area contributed by atoms with E-state index < -0.39 is 0 Å². The predicted octanol–water partition coefficient (Wildman–Crippen LogP) is 4.01. The molecule has 0 saturated carbocycles. The van der Waals surface area contributed by atoms with Crippen LogP contribution < -0.4 is 0 Å². The lowest BCUT2D eigenvalue weighted by molar-refractivity contribution is 0.224. The second kappa shape index (κ2) is 6.71. The van der Waals surface area contributed by atoms with Gasteiger partial charge in [-0.3, -0.25) is 0 Å². The molecule has 1 heteroatoms. The molecule has 1 unspecified atom stereocenters. The van der Waals surface area contributed by atoms with Crippen molar-refractivity contribution < 1.29 is 5.11 Å². The topological polar surface area (TPSA) is 20.2 Å². The van der Waals surface area contributed by atoms with Crippen molar-refractivity contribution in [2.75, 3.05) is 6.61 Å². The summed E-state index contributed by atoms with van der Waals surface area (Å²) in [6.07, 6.45) is 1.88. The van der Waals surface area contributed by atoms with Crippen LogP contribution in [0.5, 0.6) is 0 Å². The number of aliphatic hydroxyl groups excluding tert-OH is 1. The van der Waals surface area contributed by atoms with E-state index in [9.17, 15) is 5.11 Å². The largest absolute Gasteiger partial charge is 0.396 e. The highest BCUT2D eigenvalue weighted by Gasteiger charge is 2.13. The van der Waals surface area contributed by atoms with Crippen molar-refractivity contribution in [1.82, 2.24) is 0 Å². The minimum atomic E-state index is 0.238. The fourth-order valence-corrected chi connectivity index (χ4v) is 2.97. The Morgan fingerprint density at radius 2 is 1.50 bits per heavy atom. The number of hydrogen-bond donors (Lipinski definition) is 1. The van der Waals surface area contributed by atoms with Crippen molar-refractivity contribution in [2.24, 2.45) is 5.92 Å². The molecular weight excluding hydrogens is 244 g/mol. The van der Waals surface area contributed by atoms with Crippen molar-refractivity contribution in [3.05, 3.63) is 70.3 Å². The highest BCUT2D eigenvalue weighted by molar-refractivity contribution is 5.37. The number of benzene rings is 2. The maximum absolute atomic E-state index is 9.69. The molecule has 0 aliphatic carbocycles. The Hall–Kier alpha value is -1.60. The minimum Gasteiger partial charge on any atom is -0.396 e. The third-order valence-electron chi connectivity index (χ3n) is 3.96. The fourth-order valence-electron chi connectivity index (χ4n) is 2.97. The molecule has 0 bridgehead atoms. The van der Waals surface area contributed by atoms with Crippen LogP contribution in [0.1, 0.15) is 27.8 Å². The summed E-state index contributed by atoms with van der Waals surface area (Å²) in [5, 5.41) is 9.69. The molecule has 0 radical (unpaired) electrons. The molecule has 0 aliphatic heterocycles. The van der Waals surface area contributed by atoms with E-state index >= 15 is 0 Å². The Labute approximate surface area is 122 Å². The van der Waals surface area contributed by atoms with Crippen LogP contribution in [0.3, 0.4) is 0 Å². The van der Waals surface area contributed by atoms with E-state index in [1.807, 2.05) is 6.07 Å². The van der Waals surface area contributed by atoms with Gasteiger partial charge in [0.25, 0.3) is 0 Å². The van der Waals surface area contributed by atoms with Crippen LogP contribution in [-0.2, 0) is 12.8 Å². The molecule has 1 N–H and O–H groups in total. The van der Waals surface area contributed by atoms with Crippen molar-refractivity contribution in [1.29, 1.82) is 0 Å². The predicted molar refractivity (Wildman–Crippen MR) is 85.1 cm³/mol. The molecule has 0 amide bonds. The molecule has 2 rings (SSSR count). The lowest BCUT2D eigenvalue weighted by atomic mass is 9.88. The quantitative estimate of drug-likeness (QED) is 0.869. The van der Waals surface area contributed by atoms with Gasteiger partial charge in [-0.25, -0.2) is 0 Å². The van der Waals surface area contributed by atoms with Gasteiger partial charge in [-0.2, -0.15) is 0 Å². The van der Waals surface area contributed by atoms with Crippen molar-refractivity contribution in [2.45, 2.75) is 33.6 Å². The second-order valence-corrected chi connectivity index (χ2v) is 5.82. The van der Waals surface area contributed by atoms with E-state index in [0.717, 1.165) is 12.8 Å². The normalized spacial score (nSPS) is 12.4. The summed E-state index contributed by atoms with van der Waals surface area (Å²) in [6, 6.07) is 14.9. The molecule has 2 aromatic carbocycles. The molecular formula is C19H24O. The summed E-state index contributed by atoms with van der Waals surface area (Å²) in [6.45, 7) is 6.72. The van der Waals surface area contributed by atoms with E-state index in [0.29, 0.717) is 0 Å². The van der Waals surface area contributed by atoms with Gasteiger partial charge in [0.15, 0.2) is 0 Å². The van der Waals surface area contributed by atoms with E-state index in [2.05, 4.69) is 57.2 Å². The molecule has 0 aliphatic rings. The summed E-state index contributed by atoms with van der Waals surface area (Å²) in [4.78, 5) is 0. The molecule has 20 heavy (non-hydrogen) atoms. The standard InChI is InChI=1S/C19H24O/c1-14-9-15(2)19(16(3)10-14)12-18(13-20)11-17-7-5-4-6-8-17/h4-10,18,20H,11-13H2,1-3H3. The molecule has 0 saturated heterocycles. The lowest BCUT2D eigenvalue weighted by Gasteiger charge is -2.18. The van der Waals surface area contributed by atoms with Gasteiger partial charge in [0, 0.05) is 6.61 Å². The minimum absolute atomic E-state index is 0.238. The summed E-state index contributed by atoms with van der Waals surface area (Å²) < 4.78 is 0. The van der Waals surface area contributed by atoms with Gasteiger partial charge < -0.3 is 5.11 Å². The van der Waals surface area contributed by atoms with Crippen LogP contribution in [0.4, 0.5) is 0 Å². The zero-order chi connectivity index (χ0) is 14.5. The average Bonchev–Trinajstić information content (AvgIpc) is 2.42. The van der Waals surface area contributed by atoms with Gasteiger partial charge in [-0.05, 0) is 61.8 Å². The van der Waals surface area contributed by atoms with Gasteiger partial charge in [0.2, 0.25) is 0 Å². The fraction of sp³-hybridized carbons (Fsp3) is 0.368. The molecule has 0 heterocycles. The molecule has 1 atom stereocenters. The summed E-state index contributed by atoms with van der Waals surface area (Å²) in [5.41, 5.74) is 6.69. The zero-order valence-corrected chi connectivity index (χ0v) is 12.7. The van der Waals surface area contributed by atoms with Crippen LogP contribution in [-0.4, -0.2) is 11.7 Å². The molecule has 1 nitrogen and oxygen atoms in total. The Morgan fingerprint density at radius 1 is 0.900 bits per heavy atom. The maximum Gasteiger partial charge on any atom is 0.0465 e. The number of aryl methyl sites for hydroxylation is 3. The average molecular weight is 268 g/mol. The third kappa shape index (κ3) is 3.71. The summed E-state index contributed by atoms with van der Waals surface area (Å²) >= 11 is 0. The Morgan fingerprint density at radius 3 is 2.05 bits per heavy atom. The first-order chi connectivity index (χ1) is 9.60. The summed E-state index contributed by atoms with van der Waals surface area (Å²) in [7, 11) is 0. The van der Waals surface area contributed by atoms with Gasteiger partial charge in [-0.1, -0.05) is 48.0 Å². The van der Waals surface area contributed by atoms with E-state index in [-0.39, 0.29) is 12.5 Å². The molecule has 0 fully saturated rings. The Bertz CT molecular complexity index is 534. The van der Waals surface area contributed by atoms with Crippen LogP contribution >= 0.6 is 0 Å². The van der Waals surface area contributed by atoms with Gasteiger partial charge >= 0.3 is 0 Å². The van der Waals surface area contributed by atoms with Crippen LogP contribution in [0, 0.1) is 26.7 Å². The lowest BCUT2D eigenvalue weighted by Crippen LogP contribution is -2.14. The Kier molecular flexibility index (Phi) is 4.97. The van der Waals surface area contributed by atoms with E-state index in [4.69, 9.17) is 0 Å². The molecule has 2 aromatic rings. The van der Waals surface area contributed by atoms with Crippen LogP contribution in [0.25, 0.3) is 0 Å². The van der Waals surface area contributed by atoms with E-state index in [1.54, 1.807) is 0 Å². The van der Waals surface area contributed by atoms with Crippen molar-refractivity contribution >= 4 is 0 Å². The highest BCUT2D eigenvalue weighted by atomic mass is 16.3. The molecule has 0 spiro atoms. The van der Waals surface area contributed by atoms with Crippen LogP contribution in [0.2, 0.25) is 0 Å². The van der Waals surface area contributed by atoms with Crippen LogP contribution in [0.15, 0.2) is 42.5 Å². The summed E-state index contributed by atoms with van der Waals surface area (Å²) in [5.74, 6) is 0.289. The molecule has 0 aromatic heterocycles. The van der Waals surface area contributed by atoms with Gasteiger partial charge in [0.1, 0.15) is 0 Å². The molecule has 106 valence electrons. The monoisotopic (exact) mass is 268 g/mol. The first-order valence-corrected chi connectivity index (χ1v) is 7.31. The van der Waals surface area contributed by atoms with Gasteiger partial charge in [0.05, 0.1) is 0 Å². The highest BCUT2D eigenvalue weighted by Crippen LogP contribution is 2.22. The Balaban J connectivity index is 2.15. The first-order valence-electron chi connectivity index (χ1n) is 7.31. The maximum atomic E-state index is 9.69. The number of hydrogen-bond acceptors (Lipinski definition) is 1. The van der Waals surface area contributed by atoms with Crippen molar-refractivity contribution in [3.8, 4) is 0 Å². The number of aliphatic hydroxyl groups is 1. The zero-order valence-electron chi connectivity index (χ0n) is 12.7. The third-order valence-corrected chi connectivity index (χ3v) is 3.96. The van der Waals surface area contributed by atoms with Crippen molar-refractivity contribution in [3.63, 3.8) is 0 Å².